The van der Waals surface area contributed by atoms with Crippen molar-refractivity contribution in [1.29, 1.82) is 0 Å². The Kier molecular flexibility index (Phi) is 3.55. The zero-order chi connectivity index (χ0) is 13.2. The van der Waals surface area contributed by atoms with Crippen molar-refractivity contribution >= 4 is 5.91 Å². The Morgan fingerprint density at radius 1 is 1.47 bits per heavy atom. The summed E-state index contributed by atoms with van der Waals surface area (Å²) in [6, 6.07) is 0.228. The summed E-state index contributed by atoms with van der Waals surface area (Å²) in [6.07, 6.45) is 7.16. The van der Waals surface area contributed by atoms with Crippen molar-refractivity contribution in [2.75, 3.05) is 0 Å². The van der Waals surface area contributed by atoms with Crippen LogP contribution in [0.1, 0.15) is 44.0 Å². The van der Waals surface area contributed by atoms with Crippen LogP contribution < -0.4 is 10.6 Å². The highest BCUT2D eigenvalue weighted by atomic mass is 16.2. The third-order valence-electron chi connectivity index (χ3n) is 4.33. The Bertz CT molecular complexity index is 456. The number of imidazole rings is 1. The predicted octanol–water partition coefficient (Wildman–Crippen LogP) is 1.12. The molecular formula is C14H22N4O. The van der Waals surface area contributed by atoms with E-state index in [4.69, 9.17) is 0 Å². The van der Waals surface area contributed by atoms with Crippen molar-refractivity contribution in [2.24, 2.45) is 5.92 Å². The molecule has 2 heterocycles. The van der Waals surface area contributed by atoms with Gasteiger partial charge in [0.15, 0.2) is 0 Å². The van der Waals surface area contributed by atoms with Crippen LogP contribution in [-0.2, 0) is 17.8 Å². The average Bonchev–Trinajstić information content (AvgIpc) is 2.85. The smallest absolute Gasteiger partial charge is 0.237 e. The predicted molar refractivity (Wildman–Crippen MR) is 72.5 cm³/mol. The molecule has 3 N–H and O–H groups in total. The summed E-state index contributed by atoms with van der Waals surface area (Å²) < 4.78 is 0. The molecule has 0 aromatic carbocycles. The second-order valence-electron chi connectivity index (χ2n) is 5.94. The van der Waals surface area contributed by atoms with Gasteiger partial charge in [0.2, 0.25) is 5.91 Å². The Morgan fingerprint density at radius 2 is 2.37 bits per heavy atom. The first kappa shape index (κ1) is 12.7. The minimum atomic E-state index is -0.131. The molecule has 0 saturated heterocycles. The summed E-state index contributed by atoms with van der Waals surface area (Å²) in [5.41, 5.74) is 2.13. The number of rotatable bonds is 2. The number of H-pyrrole nitrogens is 1. The van der Waals surface area contributed by atoms with E-state index in [0.29, 0.717) is 19.0 Å². The van der Waals surface area contributed by atoms with E-state index < -0.39 is 0 Å². The van der Waals surface area contributed by atoms with Crippen LogP contribution in [0, 0.1) is 5.92 Å². The van der Waals surface area contributed by atoms with Crippen LogP contribution in [0.25, 0.3) is 0 Å². The van der Waals surface area contributed by atoms with E-state index >= 15 is 0 Å². The van der Waals surface area contributed by atoms with Gasteiger partial charge in [-0.2, -0.15) is 0 Å². The Morgan fingerprint density at radius 3 is 3.21 bits per heavy atom. The zero-order valence-corrected chi connectivity index (χ0v) is 11.4. The number of nitrogens with one attached hydrogen (secondary N) is 3. The maximum absolute atomic E-state index is 12.3. The summed E-state index contributed by atoms with van der Waals surface area (Å²) in [7, 11) is 0. The van der Waals surface area contributed by atoms with E-state index in [1.807, 2.05) is 0 Å². The molecule has 0 radical (unpaired) electrons. The largest absolute Gasteiger partial charge is 0.352 e. The fraction of sp³-hybridized carbons (Fsp3) is 0.714. The van der Waals surface area contributed by atoms with Crippen molar-refractivity contribution in [3.8, 4) is 0 Å². The molecule has 1 aliphatic heterocycles. The van der Waals surface area contributed by atoms with Gasteiger partial charge in [0.25, 0.3) is 0 Å². The van der Waals surface area contributed by atoms with Crippen LogP contribution in [0.5, 0.6) is 0 Å². The Labute approximate surface area is 113 Å². The Balaban J connectivity index is 1.56. The molecule has 1 amide bonds. The highest BCUT2D eigenvalue weighted by molar-refractivity contribution is 5.82. The molecule has 3 rings (SSSR count). The maximum Gasteiger partial charge on any atom is 0.237 e. The molecule has 0 spiro atoms. The summed E-state index contributed by atoms with van der Waals surface area (Å²) in [5, 5.41) is 6.48. The Hall–Kier alpha value is -1.36. The SMILES string of the molecule is CC1CCCC(NC(=O)C2Cc3nc[nH]c3CN2)C1. The topological polar surface area (TPSA) is 69.8 Å². The molecule has 1 saturated carbocycles. The molecule has 1 aromatic heterocycles. The van der Waals surface area contributed by atoms with Gasteiger partial charge in [-0.25, -0.2) is 4.98 Å². The van der Waals surface area contributed by atoms with Crippen LogP contribution in [0.3, 0.4) is 0 Å². The van der Waals surface area contributed by atoms with Gasteiger partial charge in [0, 0.05) is 19.0 Å². The lowest BCUT2D eigenvalue weighted by molar-refractivity contribution is -0.124. The molecule has 1 aliphatic carbocycles. The first-order valence-electron chi connectivity index (χ1n) is 7.27. The lowest BCUT2D eigenvalue weighted by atomic mass is 9.87. The first-order valence-corrected chi connectivity index (χ1v) is 7.27. The summed E-state index contributed by atoms with van der Waals surface area (Å²) in [6.45, 7) is 2.97. The normalized spacial score (nSPS) is 30.7. The molecule has 0 bridgehead atoms. The number of carbonyl (C=O) groups excluding carboxylic acids is 1. The monoisotopic (exact) mass is 262 g/mol. The van der Waals surface area contributed by atoms with Crippen molar-refractivity contribution < 1.29 is 4.79 Å². The van der Waals surface area contributed by atoms with Gasteiger partial charge in [-0.1, -0.05) is 19.8 Å². The zero-order valence-electron chi connectivity index (χ0n) is 11.4. The lowest BCUT2D eigenvalue weighted by Crippen LogP contribution is -2.51. The lowest BCUT2D eigenvalue weighted by Gasteiger charge is -2.30. The number of aromatic nitrogens is 2. The summed E-state index contributed by atoms with van der Waals surface area (Å²) >= 11 is 0. The number of fused-ring (bicyclic) bond motifs is 1. The first-order chi connectivity index (χ1) is 9.22. The molecule has 1 aromatic rings. The second-order valence-corrected chi connectivity index (χ2v) is 5.94. The van der Waals surface area contributed by atoms with Crippen molar-refractivity contribution in [3.05, 3.63) is 17.7 Å². The standard InChI is InChI=1S/C14H22N4O/c1-9-3-2-4-10(5-9)18-14(19)12-6-11-13(7-15-12)17-8-16-11/h8-10,12,15H,2-7H2,1H3,(H,16,17)(H,18,19). The van der Waals surface area contributed by atoms with Gasteiger partial charge in [0.1, 0.15) is 0 Å². The maximum atomic E-state index is 12.3. The third kappa shape index (κ3) is 2.81. The minimum absolute atomic E-state index is 0.131. The van der Waals surface area contributed by atoms with E-state index in [2.05, 4.69) is 27.5 Å². The van der Waals surface area contributed by atoms with E-state index in [9.17, 15) is 4.79 Å². The summed E-state index contributed by atoms with van der Waals surface area (Å²) in [4.78, 5) is 19.7. The van der Waals surface area contributed by atoms with Crippen LogP contribution in [0.4, 0.5) is 0 Å². The molecule has 2 aliphatic rings. The highest BCUT2D eigenvalue weighted by Gasteiger charge is 2.28. The number of aromatic amines is 1. The molecule has 5 heteroatoms. The molecule has 3 unspecified atom stereocenters. The van der Waals surface area contributed by atoms with E-state index in [1.165, 1.54) is 12.8 Å². The number of hydrogen-bond acceptors (Lipinski definition) is 3. The molecule has 3 atom stereocenters. The van der Waals surface area contributed by atoms with Gasteiger partial charge in [0.05, 0.1) is 23.8 Å². The molecule has 1 fully saturated rings. The van der Waals surface area contributed by atoms with Crippen LogP contribution in [0.2, 0.25) is 0 Å². The number of amides is 1. The van der Waals surface area contributed by atoms with Gasteiger partial charge in [-0.3, -0.25) is 10.1 Å². The fourth-order valence-electron chi connectivity index (χ4n) is 3.22. The quantitative estimate of drug-likeness (QED) is 0.748. The van der Waals surface area contributed by atoms with Crippen molar-refractivity contribution in [2.45, 2.75) is 57.7 Å². The van der Waals surface area contributed by atoms with Crippen molar-refractivity contribution in [1.82, 2.24) is 20.6 Å². The second kappa shape index (κ2) is 5.33. The molecule has 104 valence electrons. The van der Waals surface area contributed by atoms with Crippen LogP contribution in [0.15, 0.2) is 6.33 Å². The number of nitrogens with zero attached hydrogens (tertiary/aromatic N) is 1. The molecule has 19 heavy (non-hydrogen) atoms. The highest BCUT2D eigenvalue weighted by Crippen LogP contribution is 2.23. The molecular weight excluding hydrogens is 240 g/mol. The van der Waals surface area contributed by atoms with E-state index in [-0.39, 0.29) is 11.9 Å². The average molecular weight is 262 g/mol. The van der Waals surface area contributed by atoms with Crippen molar-refractivity contribution in [3.63, 3.8) is 0 Å². The fourth-order valence-corrected chi connectivity index (χ4v) is 3.22. The number of carbonyl (C=O) groups is 1. The van der Waals surface area contributed by atoms with E-state index in [0.717, 1.165) is 30.1 Å². The third-order valence-corrected chi connectivity index (χ3v) is 4.33. The summed E-state index contributed by atoms with van der Waals surface area (Å²) in [5.74, 6) is 0.865. The van der Waals surface area contributed by atoms with Gasteiger partial charge < -0.3 is 10.3 Å². The van der Waals surface area contributed by atoms with Crippen LogP contribution >= 0.6 is 0 Å². The minimum Gasteiger partial charge on any atom is -0.352 e. The van der Waals surface area contributed by atoms with Gasteiger partial charge in [-0.05, 0) is 18.8 Å². The van der Waals surface area contributed by atoms with E-state index in [1.54, 1.807) is 6.33 Å². The number of hydrogen-bond donors (Lipinski definition) is 3. The van der Waals surface area contributed by atoms with Gasteiger partial charge >= 0.3 is 0 Å². The van der Waals surface area contributed by atoms with Crippen LogP contribution in [-0.4, -0.2) is 28.0 Å². The molecule has 5 nitrogen and oxygen atoms in total. The van der Waals surface area contributed by atoms with Gasteiger partial charge in [-0.15, -0.1) is 0 Å².